The second-order valence-electron chi connectivity index (χ2n) is 14.1. The summed E-state index contributed by atoms with van der Waals surface area (Å²) >= 11 is 0. The Balaban J connectivity index is 1.23. The summed E-state index contributed by atoms with van der Waals surface area (Å²) in [6, 6.07) is 61.7. The molecule has 0 fully saturated rings. The van der Waals surface area contributed by atoms with Crippen LogP contribution in [0.15, 0.2) is 176 Å². The molecule has 0 radical (unpaired) electrons. The van der Waals surface area contributed by atoms with Crippen molar-refractivity contribution in [3.8, 4) is 39.6 Å². The van der Waals surface area contributed by atoms with Crippen LogP contribution in [-0.4, -0.2) is 19.5 Å². The van der Waals surface area contributed by atoms with Gasteiger partial charge in [0, 0.05) is 44.3 Å². The SMILES string of the molecule is CC1(C)c2ccccc2-c2c(N(c3ccccc3)c3nc(-c4ccccc4)nc(-c4ccc5c(c4)c4ccccc4n5-c4ccccc4)n3)cccc21. The van der Waals surface area contributed by atoms with Gasteiger partial charge in [-0.1, -0.05) is 135 Å². The highest BCUT2D eigenvalue weighted by Crippen LogP contribution is 2.53. The van der Waals surface area contributed by atoms with Gasteiger partial charge in [0.05, 0.1) is 16.7 Å². The average molecular weight is 682 g/mol. The fraction of sp³-hybridized carbons (Fsp3) is 0.0625. The molecule has 0 saturated heterocycles. The Kier molecular flexibility index (Phi) is 7.08. The van der Waals surface area contributed by atoms with E-state index < -0.39 is 0 Å². The summed E-state index contributed by atoms with van der Waals surface area (Å²) < 4.78 is 2.33. The van der Waals surface area contributed by atoms with Crippen molar-refractivity contribution in [1.82, 2.24) is 19.5 Å². The Labute approximate surface area is 308 Å². The molecular weight excluding hydrogens is 647 g/mol. The van der Waals surface area contributed by atoms with Crippen molar-refractivity contribution in [2.45, 2.75) is 19.3 Å². The Morgan fingerprint density at radius 2 is 1.11 bits per heavy atom. The van der Waals surface area contributed by atoms with Crippen molar-refractivity contribution >= 4 is 39.1 Å². The molecular formula is C48H35N5. The Bertz CT molecular complexity index is 2800. The van der Waals surface area contributed by atoms with Gasteiger partial charge in [0.25, 0.3) is 0 Å². The molecule has 2 aromatic heterocycles. The number of hydrogen-bond donors (Lipinski definition) is 0. The standard InChI is InChI=1S/C48H35N5/c1-48(2)39-25-14-12-24-37(39)44-40(48)26-16-28-43(44)53(35-21-10-5-11-22-35)47-50-45(32-17-6-3-7-18-32)49-46(51-47)33-29-30-42-38(31-33)36-23-13-15-27-41(36)52(42)34-19-8-4-9-20-34/h3-31H,1-2H3. The summed E-state index contributed by atoms with van der Waals surface area (Å²) in [5.74, 6) is 1.79. The predicted octanol–water partition coefficient (Wildman–Crippen LogP) is 12.1. The third-order valence-electron chi connectivity index (χ3n) is 10.6. The monoisotopic (exact) mass is 681 g/mol. The summed E-state index contributed by atoms with van der Waals surface area (Å²) in [5.41, 5.74) is 12.2. The van der Waals surface area contributed by atoms with Crippen molar-refractivity contribution in [1.29, 1.82) is 0 Å². The first-order valence-corrected chi connectivity index (χ1v) is 18.1. The minimum absolute atomic E-state index is 0.155. The zero-order chi connectivity index (χ0) is 35.5. The largest absolute Gasteiger partial charge is 0.309 e. The lowest BCUT2D eigenvalue weighted by atomic mass is 9.82. The molecule has 252 valence electrons. The zero-order valence-corrected chi connectivity index (χ0v) is 29.5. The van der Waals surface area contributed by atoms with Crippen molar-refractivity contribution in [2.24, 2.45) is 0 Å². The normalized spacial score (nSPS) is 12.9. The number of benzene rings is 7. The molecule has 0 aliphatic heterocycles. The smallest absolute Gasteiger partial charge is 0.238 e. The summed E-state index contributed by atoms with van der Waals surface area (Å²) in [7, 11) is 0. The fourth-order valence-corrected chi connectivity index (χ4v) is 8.14. The van der Waals surface area contributed by atoms with E-state index in [2.05, 4.69) is 175 Å². The van der Waals surface area contributed by atoms with Crippen LogP contribution in [-0.2, 0) is 5.41 Å². The molecule has 0 amide bonds. The molecule has 5 nitrogen and oxygen atoms in total. The fourth-order valence-electron chi connectivity index (χ4n) is 8.14. The lowest BCUT2D eigenvalue weighted by Crippen LogP contribution is -2.17. The lowest BCUT2D eigenvalue weighted by molar-refractivity contribution is 0.660. The Morgan fingerprint density at radius 3 is 1.91 bits per heavy atom. The highest BCUT2D eigenvalue weighted by Gasteiger charge is 2.38. The Morgan fingerprint density at radius 1 is 0.491 bits per heavy atom. The van der Waals surface area contributed by atoms with Crippen LogP contribution in [0, 0.1) is 0 Å². The van der Waals surface area contributed by atoms with Gasteiger partial charge < -0.3 is 4.57 Å². The van der Waals surface area contributed by atoms with Gasteiger partial charge in [-0.05, 0) is 71.3 Å². The van der Waals surface area contributed by atoms with Crippen LogP contribution < -0.4 is 4.90 Å². The molecule has 1 aliphatic carbocycles. The Hall–Kier alpha value is -6.85. The molecule has 1 aliphatic rings. The van der Waals surface area contributed by atoms with Gasteiger partial charge in [0.2, 0.25) is 5.95 Å². The molecule has 10 rings (SSSR count). The van der Waals surface area contributed by atoms with Crippen molar-refractivity contribution in [3.05, 3.63) is 187 Å². The van der Waals surface area contributed by atoms with Crippen molar-refractivity contribution < 1.29 is 0 Å². The first-order valence-electron chi connectivity index (χ1n) is 18.1. The van der Waals surface area contributed by atoms with Crippen LogP contribution in [0.5, 0.6) is 0 Å². The van der Waals surface area contributed by atoms with E-state index in [1.807, 2.05) is 24.3 Å². The first kappa shape index (κ1) is 30.9. The molecule has 2 heterocycles. The van der Waals surface area contributed by atoms with Gasteiger partial charge in [-0.25, -0.2) is 4.98 Å². The topological polar surface area (TPSA) is 46.8 Å². The van der Waals surface area contributed by atoms with Gasteiger partial charge in [-0.2, -0.15) is 9.97 Å². The minimum Gasteiger partial charge on any atom is -0.309 e. The van der Waals surface area contributed by atoms with Gasteiger partial charge >= 0.3 is 0 Å². The van der Waals surface area contributed by atoms with E-state index in [9.17, 15) is 0 Å². The number of aromatic nitrogens is 4. The van der Waals surface area contributed by atoms with Crippen LogP contribution in [0.2, 0.25) is 0 Å². The zero-order valence-electron chi connectivity index (χ0n) is 29.5. The quantitative estimate of drug-likeness (QED) is 0.175. The molecule has 9 aromatic rings. The van der Waals surface area contributed by atoms with E-state index in [1.54, 1.807) is 0 Å². The van der Waals surface area contributed by atoms with E-state index in [1.165, 1.54) is 27.6 Å². The molecule has 0 saturated carbocycles. The van der Waals surface area contributed by atoms with Gasteiger partial charge in [-0.3, -0.25) is 4.90 Å². The van der Waals surface area contributed by atoms with E-state index in [0.717, 1.165) is 44.6 Å². The van der Waals surface area contributed by atoms with Gasteiger partial charge in [-0.15, -0.1) is 0 Å². The van der Waals surface area contributed by atoms with Gasteiger partial charge in [0.15, 0.2) is 11.6 Å². The molecule has 0 N–H and O–H groups in total. The van der Waals surface area contributed by atoms with Crippen molar-refractivity contribution in [2.75, 3.05) is 4.90 Å². The van der Waals surface area contributed by atoms with E-state index in [4.69, 9.17) is 15.0 Å². The number of anilines is 3. The summed E-state index contributed by atoms with van der Waals surface area (Å²) in [6.45, 7) is 4.63. The molecule has 0 atom stereocenters. The summed E-state index contributed by atoms with van der Waals surface area (Å²) in [4.78, 5) is 18.0. The molecule has 0 unspecified atom stereocenters. The third kappa shape index (κ3) is 4.96. The maximum absolute atomic E-state index is 5.35. The molecule has 5 heteroatoms. The molecule has 0 bridgehead atoms. The number of hydrogen-bond acceptors (Lipinski definition) is 4. The van der Waals surface area contributed by atoms with Crippen LogP contribution in [0.1, 0.15) is 25.0 Å². The second kappa shape index (κ2) is 12.1. The second-order valence-corrected chi connectivity index (χ2v) is 14.1. The van der Waals surface area contributed by atoms with Crippen LogP contribution in [0.4, 0.5) is 17.3 Å². The molecule has 0 spiro atoms. The van der Waals surface area contributed by atoms with Crippen molar-refractivity contribution in [3.63, 3.8) is 0 Å². The minimum atomic E-state index is -0.155. The highest BCUT2D eigenvalue weighted by atomic mass is 15.3. The number of nitrogens with zero attached hydrogens (tertiary/aromatic N) is 5. The first-order chi connectivity index (χ1) is 26.1. The number of para-hydroxylation sites is 3. The number of rotatable bonds is 6. The highest BCUT2D eigenvalue weighted by molar-refractivity contribution is 6.10. The van der Waals surface area contributed by atoms with E-state index in [0.29, 0.717) is 17.6 Å². The number of fused-ring (bicyclic) bond motifs is 6. The predicted molar refractivity (Wildman–Crippen MR) is 217 cm³/mol. The van der Waals surface area contributed by atoms with Gasteiger partial charge in [0.1, 0.15) is 0 Å². The summed E-state index contributed by atoms with van der Waals surface area (Å²) in [6.07, 6.45) is 0. The summed E-state index contributed by atoms with van der Waals surface area (Å²) in [5, 5.41) is 2.32. The van der Waals surface area contributed by atoms with Crippen LogP contribution in [0.3, 0.4) is 0 Å². The van der Waals surface area contributed by atoms with E-state index >= 15 is 0 Å². The maximum atomic E-state index is 5.35. The third-order valence-corrected chi connectivity index (χ3v) is 10.6. The molecule has 53 heavy (non-hydrogen) atoms. The lowest BCUT2D eigenvalue weighted by Gasteiger charge is -2.27. The van der Waals surface area contributed by atoms with Crippen LogP contribution in [0.25, 0.3) is 61.4 Å². The van der Waals surface area contributed by atoms with E-state index in [-0.39, 0.29) is 5.41 Å². The average Bonchev–Trinajstić information content (AvgIpc) is 3.67. The maximum Gasteiger partial charge on any atom is 0.238 e. The molecule has 7 aromatic carbocycles. The van der Waals surface area contributed by atoms with Crippen LogP contribution >= 0.6 is 0 Å².